The van der Waals surface area contributed by atoms with Gasteiger partial charge in [-0.3, -0.25) is 9.10 Å². The van der Waals surface area contributed by atoms with E-state index < -0.39 is 10.0 Å². The van der Waals surface area contributed by atoms with Crippen LogP contribution in [0.2, 0.25) is 0 Å². The van der Waals surface area contributed by atoms with E-state index in [0.717, 1.165) is 17.3 Å². The predicted molar refractivity (Wildman–Crippen MR) is 112 cm³/mol. The van der Waals surface area contributed by atoms with Gasteiger partial charge >= 0.3 is 0 Å². The number of hydrogen-bond acceptors (Lipinski definition) is 3. The molecule has 4 rings (SSSR count). The third kappa shape index (κ3) is 3.96. The quantitative estimate of drug-likeness (QED) is 0.706. The summed E-state index contributed by atoms with van der Waals surface area (Å²) in [4.78, 5) is 13.0. The van der Waals surface area contributed by atoms with Gasteiger partial charge in [-0.05, 0) is 61.4 Å². The van der Waals surface area contributed by atoms with E-state index in [0.29, 0.717) is 17.5 Å². The largest absolute Gasteiger partial charge is 0.352 e. The number of hydrogen-bond donors (Lipinski definition) is 1. The first-order valence-corrected chi connectivity index (χ1v) is 11.8. The van der Waals surface area contributed by atoms with Crippen molar-refractivity contribution in [3.05, 3.63) is 59.1 Å². The number of anilines is 1. The van der Waals surface area contributed by atoms with Crippen LogP contribution in [0.1, 0.15) is 25.7 Å². The van der Waals surface area contributed by atoms with Crippen molar-refractivity contribution < 1.29 is 13.2 Å². The highest BCUT2D eigenvalue weighted by molar-refractivity contribution is 9.10. The molecule has 2 aromatic carbocycles. The Kier molecular flexibility index (Phi) is 5.47. The van der Waals surface area contributed by atoms with Crippen LogP contribution in [-0.2, 0) is 14.8 Å². The summed E-state index contributed by atoms with van der Waals surface area (Å²) < 4.78 is 28.5. The van der Waals surface area contributed by atoms with Gasteiger partial charge in [0.2, 0.25) is 5.91 Å². The number of amides is 1. The molecule has 0 heterocycles. The molecule has 148 valence electrons. The second-order valence-electron chi connectivity index (χ2n) is 7.65. The fourth-order valence-corrected chi connectivity index (χ4v) is 6.29. The Morgan fingerprint density at radius 2 is 1.86 bits per heavy atom. The van der Waals surface area contributed by atoms with Crippen LogP contribution in [0.3, 0.4) is 0 Å². The van der Waals surface area contributed by atoms with E-state index >= 15 is 0 Å². The minimum atomic E-state index is -3.86. The number of nitrogens with one attached hydrogen (secondary N) is 1. The zero-order valence-electron chi connectivity index (χ0n) is 15.4. The maximum absolute atomic E-state index is 13.3. The Morgan fingerprint density at radius 3 is 2.50 bits per heavy atom. The highest BCUT2D eigenvalue weighted by atomic mass is 79.9. The second kappa shape index (κ2) is 7.87. The molecule has 2 fully saturated rings. The molecule has 2 saturated carbocycles. The molecule has 7 heteroatoms. The number of rotatable bonds is 6. The van der Waals surface area contributed by atoms with Crippen molar-refractivity contribution in [1.82, 2.24) is 5.32 Å². The highest BCUT2D eigenvalue weighted by Gasteiger charge is 2.40. The summed E-state index contributed by atoms with van der Waals surface area (Å²) in [5.41, 5.74) is 0.460. The number of sulfonamides is 1. The molecule has 0 radical (unpaired) electrons. The van der Waals surface area contributed by atoms with Gasteiger partial charge in [0.25, 0.3) is 10.0 Å². The van der Waals surface area contributed by atoms with Crippen LogP contribution in [0.4, 0.5) is 5.69 Å². The predicted octanol–water partition coefficient (Wildman–Crippen LogP) is 3.95. The van der Waals surface area contributed by atoms with Gasteiger partial charge in [-0.25, -0.2) is 8.42 Å². The maximum atomic E-state index is 13.3. The summed E-state index contributed by atoms with van der Waals surface area (Å²) in [5, 5.41) is 3.09. The van der Waals surface area contributed by atoms with Crippen LogP contribution in [0.5, 0.6) is 0 Å². The smallest absolute Gasteiger partial charge is 0.264 e. The molecule has 2 bridgehead atoms. The molecule has 28 heavy (non-hydrogen) atoms. The molecule has 2 aliphatic carbocycles. The lowest BCUT2D eigenvalue weighted by Crippen LogP contribution is -2.46. The van der Waals surface area contributed by atoms with E-state index in [1.165, 1.54) is 17.1 Å². The zero-order valence-corrected chi connectivity index (χ0v) is 17.8. The summed E-state index contributed by atoms with van der Waals surface area (Å²) in [7, 11) is -3.86. The monoisotopic (exact) mass is 462 g/mol. The molecule has 3 atom stereocenters. The average molecular weight is 463 g/mol. The standard InChI is InChI=1S/C21H23BrN2O3S/c22-17-5-4-6-18(13-17)24(28(26,27)19-7-2-1-3-8-19)14-21(25)23-20-12-15-9-10-16(20)11-15/h1-8,13,15-16,20H,9-12,14H2,(H,23,25)/t15-,16-,20+/m0/s1. The number of benzene rings is 2. The fraction of sp³-hybridized carbons (Fsp3) is 0.381. The van der Waals surface area contributed by atoms with E-state index in [-0.39, 0.29) is 23.4 Å². The first-order valence-electron chi connectivity index (χ1n) is 9.56. The van der Waals surface area contributed by atoms with Gasteiger partial charge in [-0.1, -0.05) is 46.6 Å². The number of halogens is 1. The molecule has 2 aromatic rings. The Hall–Kier alpha value is -1.86. The number of carbonyl (C=O) groups excluding carboxylic acids is 1. The van der Waals surface area contributed by atoms with Gasteiger partial charge in [0.1, 0.15) is 6.54 Å². The molecule has 2 aliphatic rings. The maximum Gasteiger partial charge on any atom is 0.264 e. The van der Waals surface area contributed by atoms with Crippen LogP contribution < -0.4 is 9.62 Å². The lowest BCUT2D eigenvalue weighted by molar-refractivity contribution is -0.120. The van der Waals surface area contributed by atoms with Gasteiger partial charge in [-0.2, -0.15) is 0 Å². The topological polar surface area (TPSA) is 66.5 Å². The van der Waals surface area contributed by atoms with E-state index in [4.69, 9.17) is 0 Å². The van der Waals surface area contributed by atoms with Crippen LogP contribution in [0.15, 0.2) is 64.0 Å². The number of fused-ring (bicyclic) bond motifs is 2. The Balaban J connectivity index is 1.59. The summed E-state index contributed by atoms with van der Waals surface area (Å²) in [6, 6.07) is 15.4. The lowest BCUT2D eigenvalue weighted by atomic mass is 9.95. The molecule has 1 N–H and O–H groups in total. The van der Waals surface area contributed by atoms with Crippen molar-refractivity contribution in [2.24, 2.45) is 11.8 Å². The molecule has 0 unspecified atom stereocenters. The summed E-state index contributed by atoms with van der Waals surface area (Å²) in [5.74, 6) is 1.00. The lowest BCUT2D eigenvalue weighted by Gasteiger charge is -2.27. The summed E-state index contributed by atoms with van der Waals surface area (Å²) >= 11 is 3.39. The zero-order chi connectivity index (χ0) is 19.7. The Bertz CT molecular complexity index is 965. The SMILES string of the molecule is O=C(CN(c1cccc(Br)c1)S(=O)(=O)c1ccccc1)N[C@@H]1C[C@H]2CC[C@H]1C2. The van der Waals surface area contributed by atoms with Gasteiger partial charge in [0.15, 0.2) is 0 Å². The minimum absolute atomic E-state index is 0.169. The molecular formula is C21H23BrN2O3S. The summed E-state index contributed by atoms with van der Waals surface area (Å²) in [6.45, 7) is -0.235. The van der Waals surface area contributed by atoms with E-state index in [2.05, 4.69) is 21.2 Å². The third-order valence-corrected chi connectivity index (χ3v) is 8.08. The van der Waals surface area contributed by atoms with Crippen molar-refractivity contribution in [2.45, 2.75) is 36.6 Å². The molecule has 5 nitrogen and oxygen atoms in total. The van der Waals surface area contributed by atoms with E-state index in [9.17, 15) is 13.2 Å². The molecule has 0 aliphatic heterocycles. The minimum Gasteiger partial charge on any atom is -0.352 e. The van der Waals surface area contributed by atoms with Crippen LogP contribution in [-0.4, -0.2) is 26.9 Å². The number of carbonyl (C=O) groups is 1. The molecule has 0 spiro atoms. The van der Waals surface area contributed by atoms with Gasteiger partial charge in [0, 0.05) is 10.5 Å². The van der Waals surface area contributed by atoms with Gasteiger partial charge in [0.05, 0.1) is 10.6 Å². The fourth-order valence-electron chi connectivity index (χ4n) is 4.47. The second-order valence-corrected chi connectivity index (χ2v) is 10.4. The average Bonchev–Trinajstić information content (AvgIpc) is 3.30. The summed E-state index contributed by atoms with van der Waals surface area (Å²) in [6.07, 6.45) is 4.61. The van der Waals surface area contributed by atoms with Crippen molar-refractivity contribution in [3.63, 3.8) is 0 Å². The van der Waals surface area contributed by atoms with E-state index in [1.54, 1.807) is 48.5 Å². The van der Waals surface area contributed by atoms with Crippen LogP contribution in [0.25, 0.3) is 0 Å². The molecular weight excluding hydrogens is 440 g/mol. The van der Waals surface area contributed by atoms with Crippen LogP contribution in [0, 0.1) is 11.8 Å². The first-order chi connectivity index (χ1) is 13.4. The van der Waals surface area contributed by atoms with Crippen molar-refractivity contribution >= 4 is 37.5 Å². The van der Waals surface area contributed by atoms with E-state index in [1.807, 2.05) is 6.07 Å². The molecule has 1 amide bonds. The van der Waals surface area contributed by atoms with Crippen molar-refractivity contribution in [2.75, 3.05) is 10.8 Å². The Morgan fingerprint density at radius 1 is 1.07 bits per heavy atom. The molecule has 0 aromatic heterocycles. The third-order valence-electron chi connectivity index (χ3n) is 5.80. The normalized spacial score (nSPS) is 23.5. The number of nitrogens with zero attached hydrogens (tertiary/aromatic N) is 1. The van der Waals surface area contributed by atoms with Crippen molar-refractivity contribution in [1.29, 1.82) is 0 Å². The highest BCUT2D eigenvalue weighted by Crippen LogP contribution is 2.44. The first kappa shape index (κ1) is 19.5. The van der Waals surface area contributed by atoms with Gasteiger partial charge < -0.3 is 5.32 Å². The van der Waals surface area contributed by atoms with Gasteiger partial charge in [-0.15, -0.1) is 0 Å². The van der Waals surface area contributed by atoms with Crippen LogP contribution >= 0.6 is 15.9 Å². The molecule has 0 saturated heterocycles. The Labute approximate surface area is 174 Å². The van der Waals surface area contributed by atoms with Crippen molar-refractivity contribution in [3.8, 4) is 0 Å².